The van der Waals surface area contributed by atoms with Crippen molar-refractivity contribution in [1.82, 2.24) is 0 Å². The van der Waals surface area contributed by atoms with Gasteiger partial charge in [0.15, 0.2) is 5.25 Å². The normalized spacial score (nSPS) is 13.1. The molecule has 0 fully saturated rings. The van der Waals surface area contributed by atoms with E-state index in [0.717, 1.165) is 19.1 Å². The average Bonchev–Trinajstić information content (AvgIpc) is 2.29. The first-order valence-electron chi connectivity index (χ1n) is 5.01. The predicted octanol–water partition coefficient (Wildman–Crippen LogP) is 1.50. The summed E-state index contributed by atoms with van der Waals surface area (Å²) in [6, 6.07) is 4.64. The summed E-state index contributed by atoms with van der Waals surface area (Å²) < 4.78 is 53.0. The molecule has 19 heavy (non-hydrogen) atoms. The first kappa shape index (κ1) is 15.2. The molecule has 106 valence electrons. The number of anilines is 1. The lowest BCUT2D eigenvalue weighted by Gasteiger charge is -2.11. The van der Waals surface area contributed by atoms with Crippen LogP contribution in [0.4, 0.5) is 14.5 Å². The van der Waals surface area contributed by atoms with Gasteiger partial charge in [0.25, 0.3) is 0 Å². The fourth-order valence-corrected chi connectivity index (χ4v) is 2.00. The van der Waals surface area contributed by atoms with E-state index in [9.17, 15) is 22.0 Å². The van der Waals surface area contributed by atoms with E-state index in [-0.39, 0.29) is 11.4 Å². The number of carboxylic acids is 1. The summed E-state index contributed by atoms with van der Waals surface area (Å²) in [6.45, 7) is -1.96. The van der Waals surface area contributed by atoms with Crippen LogP contribution in [0.5, 0.6) is 5.75 Å². The lowest BCUT2D eigenvalue weighted by molar-refractivity contribution is -0.136. The molecule has 1 aromatic carbocycles. The number of benzene rings is 1. The van der Waals surface area contributed by atoms with Gasteiger partial charge >= 0.3 is 12.6 Å². The molecule has 0 bridgehead atoms. The lowest BCUT2D eigenvalue weighted by Crippen LogP contribution is -2.32. The van der Waals surface area contributed by atoms with Crippen molar-refractivity contribution in [2.75, 3.05) is 4.72 Å². The fourth-order valence-electron chi connectivity index (χ4n) is 1.09. The minimum Gasteiger partial charge on any atom is -0.480 e. The topological polar surface area (TPSA) is 92.7 Å². The molecule has 1 atom stereocenters. The summed E-state index contributed by atoms with van der Waals surface area (Å²) in [5.41, 5.74) is 0.0507. The van der Waals surface area contributed by atoms with Gasteiger partial charge in [0.1, 0.15) is 5.75 Å². The van der Waals surface area contributed by atoms with Gasteiger partial charge in [-0.25, -0.2) is 8.42 Å². The van der Waals surface area contributed by atoms with Crippen molar-refractivity contribution >= 4 is 21.7 Å². The van der Waals surface area contributed by atoms with Crippen LogP contribution in [0, 0.1) is 0 Å². The van der Waals surface area contributed by atoms with E-state index >= 15 is 0 Å². The van der Waals surface area contributed by atoms with E-state index in [0.29, 0.717) is 0 Å². The highest BCUT2D eigenvalue weighted by molar-refractivity contribution is 7.94. The maximum atomic E-state index is 11.9. The van der Waals surface area contributed by atoms with Crippen molar-refractivity contribution in [2.24, 2.45) is 0 Å². The Morgan fingerprint density at radius 3 is 2.26 bits per heavy atom. The lowest BCUT2D eigenvalue weighted by atomic mass is 10.3. The number of carbonyl (C=O) groups is 1. The predicted molar refractivity (Wildman–Crippen MR) is 62.7 cm³/mol. The molecule has 2 N–H and O–H groups in total. The molecule has 1 aromatic rings. The van der Waals surface area contributed by atoms with Crippen molar-refractivity contribution in [3.05, 3.63) is 24.3 Å². The summed E-state index contributed by atoms with van der Waals surface area (Å²) in [6.07, 6.45) is 0. The van der Waals surface area contributed by atoms with Gasteiger partial charge in [-0.2, -0.15) is 8.78 Å². The molecule has 0 amide bonds. The van der Waals surface area contributed by atoms with Crippen LogP contribution >= 0.6 is 0 Å². The van der Waals surface area contributed by atoms with Crippen LogP contribution in [0.1, 0.15) is 6.92 Å². The van der Waals surface area contributed by atoms with Crippen LogP contribution in [-0.2, 0) is 14.8 Å². The zero-order chi connectivity index (χ0) is 14.6. The zero-order valence-corrected chi connectivity index (χ0v) is 10.5. The Morgan fingerprint density at radius 1 is 1.32 bits per heavy atom. The van der Waals surface area contributed by atoms with Gasteiger partial charge in [-0.15, -0.1) is 0 Å². The highest BCUT2D eigenvalue weighted by Gasteiger charge is 2.27. The van der Waals surface area contributed by atoms with Crippen LogP contribution in [0.3, 0.4) is 0 Å². The second-order valence-electron chi connectivity index (χ2n) is 3.53. The monoisotopic (exact) mass is 295 g/mol. The molecule has 0 aliphatic heterocycles. The maximum absolute atomic E-state index is 11.9. The molecule has 0 aromatic heterocycles. The average molecular weight is 295 g/mol. The van der Waals surface area contributed by atoms with Crippen LogP contribution in [0.25, 0.3) is 0 Å². The Labute approximate surface area is 108 Å². The molecular formula is C10H11F2NO5S. The third-order valence-corrected chi connectivity index (χ3v) is 3.81. The van der Waals surface area contributed by atoms with Gasteiger partial charge in [0.05, 0.1) is 0 Å². The van der Waals surface area contributed by atoms with E-state index in [1.54, 1.807) is 0 Å². The molecule has 0 saturated heterocycles. The molecule has 0 heterocycles. The molecule has 0 radical (unpaired) electrons. The molecule has 1 rings (SSSR count). The third kappa shape index (κ3) is 4.36. The Hall–Kier alpha value is -1.90. The number of nitrogens with one attached hydrogen (secondary N) is 1. The maximum Gasteiger partial charge on any atom is 0.387 e. The van der Waals surface area contributed by atoms with Crippen LogP contribution in [-0.4, -0.2) is 31.4 Å². The second-order valence-corrected chi connectivity index (χ2v) is 5.53. The number of rotatable bonds is 6. The molecule has 0 spiro atoms. The number of aliphatic carboxylic acids is 1. The number of ether oxygens (including phenoxy) is 1. The standard InChI is InChI=1S/C10H11F2NO5S/c1-6(9(14)15)19(16,17)13-7-2-4-8(5-3-7)18-10(11)12/h2-6,10,13H,1H3,(H,14,15). The van der Waals surface area contributed by atoms with Gasteiger partial charge < -0.3 is 9.84 Å². The Bertz CT molecular complexity index is 544. The molecule has 0 aliphatic carbocycles. The van der Waals surface area contributed by atoms with Gasteiger partial charge in [-0.3, -0.25) is 9.52 Å². The Balaban J connectivity index is 2.81. The first-order valence-corrected chi connectivity index (χ1v) is 6.56. The molecular weight excluding hydrogens is 284 g/mol. The SMILES string of the molecule is CC(C(=O)O)S(=O)(=O)Nc1ccc(OC(F)F)cc1. The second kappa shape index (κ2) is 5.83. The van der Waals surface area contributed by atoms with Crippen LogP contribution in [0.2, 0.25) is 0 Å². The molecule has 9 heteroatoms. The van der Waals surface area contributed by atoms with E-state index in [4.69, 9.17) is 5.11 Å². The minimum absolute atomic E-state index is 0.0507. The van der Waals surface area contributed by atoms with Gasteiger partial charge in [0, 0.05) is 5.69 Å². The summed E-state index contributed by atoms with van der Waals surface area (Å²) in [5.74, 6) is -1.63. The van der Waals surface area contributed by atoms with E-state index in [2.05, 4.69) is 4.74 Å². The quantitative estimate of drug-likeness (QED) is 0.829. The van der Waals surface area contributed by atoms with Gasteiger partial charge in [0.2, 0.25) is 10.0 Å². The number of sulfonamides is 1. The number of hydrogen-bond donors (Lipinski definition) is 2. The van der Waals surface area contributed by atoms with Gasteiger partial charge in [-0.1, -0.05) is 0 Å². The van der Waals surface area contributed by atoms with Crippen molar-refractivity contribution in [3.8, 4) is 5.75 Å². The highest BCUT2D eigenvalue weighted by Crippen LogP contribution is 2.19. The number of alkyl halides is 2. The first-order chi connectivity index (χ1) is 8.72. The highest BCUT2D eigenvalue weighted by atomic mass is 32.2. The van der Waals surface area contributed by atoms with Crippen molar-refractivity contribution in [3.63, 3.8) is 0 Å². The molecule has 0 saturated carbocycles. The Morgan fingerprint density at radius 2 is 1.84 bits per heavy atom. The summed E-state index contributed by atoms with van der Waals surface area (Å²) in [4.78, 5) is 10.6. The van der Waals surface area contributed by atoms with Crippen LogP contribution < -0.4 is 9.46 Å². The van der Waals surface area contributed by atoms with E-state index in [1.807, 2.05) is 4.72 Å². The van der Waals surface area contributed by atoms with Gasteiger partial charge in [-0.05, 0) is 31.2 Å². The largest absolute Gasteiger partial charge is 0.480 e. The number of hydrogen-bond acceptors (Lipinski definition) is 4. The Kier molecular flexibility index (Phi) is 4.65. The molecule has 0 aliphatic rings. The zero-order valence-electron chi connectivity index (χ0n) is 9.71. The van der Waals surface area contributed by atoms with Crippen molar-refractivity contribution in [1.29, 1.82) is 0 Å². The summed E-state index contributed by atoms with van der Waals surface area (Å²) >= 11 is 0. The van der Waals surface area contributed by atoms with Crippen molar-refractivity contribution < 1.29 is 31.8 Å². The number of halogens is 2. The smallest absolute Gasteiger partial charge is 0.387 e. The van der Waals surface area contributed by atoms with Crippen molar-refractivity contribution in [2.45, 2.75) is 18.8 Å². The van der Waals surface area contributed by atoms with E-state index in [1.165, 1.54) is 12.1 Å². The van der Waals surface area contributed by atoms with E-state index < -0.39 is 27.9 Å². The number of carboxylic acid groups (broad SMARTS) is 1. The fraction of sp³-hybridized carbons (Fsp3) is 0.300. The van der Waals surface area contributed by atoms with Crippen LogP contribution in [0.15, 0.2) is 24.3 Å². The molecule has 6 nitrogen and oxygen atoms in total. The molecule has 1 unspecified atom stereocenters. The third-order valence-electron chi connectivity index (χ3n) is 2.15. The summed E-state index contributed by atoms with van der Waals surface area (Å²) in [7, 11) is -4.09. The minimum atomic E-state index is -4.09. The summed E-state index contributed by atoms with van der Waals surface area (Å²) in [5, 5.41) is 6.98.